The molecule has 1 aromatic heterocycles. The van der Waals surface area contributed by atoms with Crippen molar-refractivity contribution in [2.45, 2.75) is 13.8 Å². The van der Waals surface area contributed by atoms with Gasteiger partial charge in [0.1, 0.15) is 15.9 Å². The molecule has 1 N–H and O–H groups in total. The molecule has 0 unspecified atom stereocenters. The molecule has 10 heteroatoms. The van der Waals surface area contributed by atoms with Crippen molar-refractivity contribution in [3.05, 3.63) is 50.4 Å². The minimum atomic E-state index is -0.624. The van der Waals surface area contributed by atoms with Gasteiger partial charge in [-0.3, -0.25) is 14.9 Å². The topological polar surface area (TPSA) is 132 Å². The van der Waals surface area contributed by atoms with Gasteiger partial charge in [0.15, 0.2) is 12.4 Å². The van der Waals surface area contributed by atoms with E-state index in [0.29, 0.717) is 5.56 Å². The quantitative estimate of drug-likeness (QED) is 0.437. The molecule has 0 aliphatic heterocycles. The van der Waals surface area contributed by atoms with Gasteiger partial charge in [-0.2, -0.15) is 5.26 Å². The molecule has 0 spiro atoms. The number of anilines is 1. The number of nitriles is 1. The first-order valence-electron chi connectivity index (χ1n) is 7.75. The lowest BCUT2D eigenvalue weighted by atomic mass is 10.2. The predicted molar refractivity (Wildman–Crippen MR) is 96.9 cm³/mol. The number of nitrogens with one attached hydrogen (secondary N) is 1. The molecule has 1 heterocycles. The van der Waals surface area contributed by atoms with E-state index in [1.54, 1.807) is 19.9 Å². The number of rotatable bonds is 7. The molecule has 27 heavy (non-hydrogen) atoms. The molecule has 0 radical (unpaired) electrons. The second-order valence-electron chi connectivity index (χ2n) is 5.15. The number of amides is 1. The summed E-state index contributed by atoms with van der Waals surface area (Å²) in [5, 5.41) is 22.9. The molecular weight excluding hydrogens is 374 g/mol. The van der Waals surface area contributed by atoms with Crippen LogP contribution in [-0.2, 0) is 9.53 Å². The van der Waals surface area contributed by atoms with Crippen molar-refractivity contribution in [2.24, 2.45) is 0 Å². The maximum atomic E-state index is 12.1. The lowest BCUT2D eigenvalue weighted by Crippen LogP contribution is -2.20. The Balaban J connectivity index is 2.12. The van der Waals surface area contributed by atoms with E-state index in [0.717, 1.165) is 11.3 Å². The minimum absolute atomic E-state index is 0.0484. The minimum Gasteiger partial charge on any atom is -0.477 e. The maximum Gasteiger partial charge on any atom is 0.348 e. The predicted octanol–water partition coefficient (Wildman–Crippen LogP) is 3.03. The van der Waals surface area contributed by atoms with E-state index in [1.165, 1.54) is 18.2 Å². The number of hydrogen-bond acceptors (Lipinski definition) is 8. The first-order chi connectivity index (χ1) is 12.9. The van der Waals surface area contributed by atoms with E-state index in [9.17, 15) is 25.0 Å². The molecule has 0 aliphatic carbocycles. The Morgan fingerprint density at radius 2 is 2.07 bits per heavy atom. The number of nitro groups is 1. The summed E-state index contributed by atoms with van der Waals surface area (Å²) < 4.78 is 10.1. The molecule has 0 fully saturated rings. The van der Waals surface area contributed by atoms with Crippen LogP contribution in [0.4, 0.5) is 10.7 Å². The van der Waals surface area contributed by atoms with Crippen LogP contribution in [-0.4, -0.2) is 30.0 Å². The van der Waals surface area contributed by atoms with Crippen LogP contribution in [0.5, 0.6) is 5.75 Å². The number of para-hydroxylation sites is 2. The fourth-order valence-electron chi connectivity index (χ4n) is 2.16. The van der Waals surface area contributed by atoms with Crippen molar-refractivity contribution in [1.29, 1.82) is 5.26 Å². The molecule has 0 saturated carbocycles. The van der Waals surface area contributed by atoms with Crippen molar-refractivity contribution in [3.8, 4) is 11.8 Å². The molecule has 1 aromatic carbocycles. The molecule has 9 nitrogen and oxygen atoms in total. The fraction of sp³-hybridized carbons (Fsp3) is 0.235. The third-order valence-electron chi connectivity index (χ3n) is 3.39. The third kappa shape index (κ3) is 4.59. The second kappa shape index (κ2) is 8.77. The van der Waals surface area contributed by atoms with Crippen LogP contribution < -0.4 is 10.1 Å². The number of nitrogens with zero attached hydrogens (tertiary/aromatic N) is 2. The molecule has 0 bridgehead atoms. The molecule has 0 aliphatic rings. The SMILES string of the molecule is CCOC(=O)c1sc(NC(=O)COc2ccccc2[N+](=O)[O-])c(C#N)c1C. The van der Waals surface area contributed by atoms with Crippen LogP contribution in [0.15, 0.2) is 24.3 Å². The highest BCUT2D eigenvalue weighted by atomic mass is 32.1. The zero-order valence-electron chi connectivity index (χ0n) is 14.5. The maximum absolute atomic E-state index is 12.1. The normalized spacial score (nSPS) is 9.96. The Labute approximate surface area is 158 Å². The van der Waals surface area contributed by atoms with Crippen LogP contribution in [0.3, 0.4) is 0 Å². The second-order valence-corrected chi connectivity index (χ2v) is 6.17. The summed E-state index contributed by atoms with van der Waals surface area (Å²) in [6, 6.07) is 7.60. The molecule has 1 amide bonds. The zero-order chi connectivity index (χ0) is 20.0. The fourth-order valence-corrected chi connectivity index (χ4v) is 3.23. The Morgan fingerprint density at radius 3 is 2.70 bits per heavy atom. The summed E-state index contributed by atoms with van der Waals surface area (Å²) in [7, 11) is 0. The van der Waals surface area contributed by atoms with Crippen molar-refractivity contribution in [1.82, 2.24) is 0 Å². The number of carbonyl (C=O) groups is 2. The number of carbonyl (C=O) groups excluding carboxylic acids is 2. The monoisotopic (exact) mass is 389 g/mol. The summed E-state index contributed by atoms with van der Waals surface area (Å²) in [4.78, 5) is 34.6. The summed E-state index contributed by atoms with van der Waals surface area (Å²) in [6.07, 6.45) is 0. The average Bonchev–Trinajstić information content (AvgIpc) is 2.95. The highest BCUT2D eigenvalue weighted by molar-refractivity contribution is 7.18. The molecule has 2 rings (SSSR count). The van der Waals surface area contributed by atoms with E-state index in [4.69, 9.17) is 9.47 Å². The van der Waals surface area contributed by atoms with Crippen molar-refractivity contribution in [2.75, 3.05) is 18.5 Å². The molecule has 140 valence electrons. The lowest BCUT2D eigenvalue weighted by molar-refractivity contribution is -0.385. The van der Waals surface area contributed by atoms with E-state index in [-0.39, 0.29) is 33.5 Å². The average molecular weight is 389 g/mol. The van der Waals surface area contributed by atoms with Crippen molar-refractivity contribution in [3.63, 3.8) is 0 Å². The van der Waals surface area contributed by atoms with Gasteiger partial charge < -0.3 is 14.8 Å². The van der Waals surface area contributed by atoms with Crippen molar-refractivity contribution >= 4 is 33.9 Å². The molecular formula is C17H15N3O6S. The number of thiophene rings is 1. The van der Waals surface area contributed by atoms with Crippen LogP contribution in [0.2, 0.25) is 0 Å². The van der Waals surface area contributed by atoms with Gasteiger partial charge in [-0.15, -0.1) is 11.3 Å². The van der Waals surface area contributed by atoms with Crippen LogP contribution in [0.25, 0.3) is 0 Å². The Bertz CT molecular complexity index is 931. The van der Waals surface area contributed by atoms with Gasteiger partial charge >= 0.3 is 11.7 Å². The number of benzene rings is 1. The van der Waals surface area contributed by atoms with Crippen LogP contribution in [0.1, 0.15) is 27.7 Å². The highest BCUT2D eigenvalue weighted by Gasteiger charge is 2.22. The number of esters is 1. The highest BCUT2D eigenvalue weighted by Crippen LogP contribution is 2.33. The van der Waals surface area contributed by atoms with Gasteiger partial charge in [0, 0.05) is 6.07 Å². The van der Waals surface area contributed by atoms with Gasteiger partial charge in [0.05, 0.1) is 17.1 Å². The Morgan fingerprint density at radius 1 is 1.37 bits per heavy atom. The van der Waals surface area contributed by atoms with Gasteiger partial charge in [-0.05, 0) is 25.5 Å². The standard InChI is InChI=1S/C17H15N3O6S/c1-3-25-17(22)15-10(2)11(8-18)16(27-15)19-14(21)9-26-13-7-5-4-6-12(13)20(23)24/h4-7H,3,9H2,1-2H3,(H,19,21). The first kappa shape index (κ1) is 19.9. The zero-order valence-corrected chi connectivity index (χ0v) is 15.3. The van der Waals surface area contributed by atoms with E-state index in [2.05, 4.69) is 5.32 Å². The van der Waals surface area contributed by atoms with Crippen molar-refractivity contribution < 1.29 is 24.0 Å². The van der Waals surface area contributed by atoms with Gasteiger partial charge in [-0.1, -0.05) is 12.1 Å². The first-order valence-corrected chi connectivity index (χ1v) is 8.57. The van der Waals surface area contributed by atoms with Crippen LogP contribution >= 0.6 is 11.3 Å². The van der Waals surface area contributed by atoms with E-state index < -0.39 is 23.4 Å². The van der Waals surface area contributed by atoms with Gasteiger partial charge in [-0.25, -0.2) is 4.79 Å². The Kier molecular flexibility index (Phi) is 6.46. The number of nitro benzene ring substituents is 1. The summed E-state index contributed by atoms with van der Waals surface area (Å²) >= 11 is 0.924. The Hall–Kier alpha value is -3.45. The van der Waals surface area contributed by atoms with Gasteiger partial charge in [0.25, 0.3) is 5.91 Å². The van der Waals surface area contributed by atoms with E-state index in [1.807, 2.05) is 6.07 Å². The van der Waals surface area contributed by atoms with E-state index >= 15 is 0 Å². The summed E-state index contributed by atoms with van der Waals surface area (Å²) in [6.45, 7) is 2.93. The lowest BCUT2D eigenvalue weighted by Gasteiger charge is -2.07. The molecule has 0 atom stereocenters. The number of ether oxygens (including phenoxy) is 2. The smallest absolute Gasteiger partial charge is 0.348 e. The third-order valence-corrected chi connectivity index (χ3v) is 4.58. The van der Waals surface area contributed by atoms with Crippen LogP contribution in [0, 0.1) is 28.4 Å². The molecule has 0 saturated heterocycles. The molecule has 2 aromatic rings. The largest absolute Gasteiger partial charge is 0.477 e. The summed E-state index contributed by atoms with van der Waals surface area (Å²) in [5.41, 5.74) is 0.303. The number of hydrogen-bond donors (Lipinski definition) is 1. The van der Waals surface area contributed by atoms with Gasteiger partial charge in [0.2, 0.25) is 0 Å². The summed E-state index contributed by atoms with van der Waals surface area (Å²) in [5.74, 6) is -1.25.